The Hall–Kier alpha value is -1.95. The van der Waals surface area contributed by atoms with Gasteiger partial charge in [0.25, 0.3) is 0 Å². The van der Waals surface area contributed by atoms with Crippen LogP contribution in [0.5, 0.6) is 0 Å². The normalized spacial score (nSPS) is 19.5. The molecule has 0 saturated carbocycles. The molecule has 6 heteroatoms. The van der Waals surface area contributed by atoms with Crippen molar-refractivity contribution in [2.24, 2.45) is 5.73 Å². The van der Waals surface area contributed by atoms with Gasteiger partial charge >= 0.3 is 0 Å². The van der Waals surface area contributed by atoms with Crippen LogP contribution in [0.2, 0.25) is 0 Å². The zero-order valence-electron chi connectivity index (χ0n) is 12.1. The summed E-state index contributed by atoms with van der Waals surface area (Å²) in [4.78, 5) is 26.6. The maximum Gasteiger partial charge on any atom is 0.241 e. The van der Waals surface area contributed by atoms with Crippen LogP contribution in [0.3, 0.4) is 0 Å². The van der Waals surface area contributed by atoms with Crippen molar-refractivity contribution in [2.75, 3.05) is 26.2 Å². The molecule has 0 spiro atoms. The molecule has 2 rings (SSSR count). The minimum absolute atomic E-state index is 0.128. The fourth-order valence-electron chi connectivity index (χ4n) is 2.60. The topological polar surface area (TPSA) is 66.6 Å². The molecule has 1 aromatic carbocycles. The van der Waals surface area contributed by atoms with Gasteiger partial charge in [0.05, 0.1) is 0 Å². The van der Waals surface area contributed by atoms with Gasteiger partial charge in [-0.1, -0.05) is 12.1 Å². The summed E-state index contributed by atoms with van der Waals surface area (Å²) >= 11 is 0. The van der Waals surface area contributed by atoms with Crippen LogP contribution in [-0.4, -0.2) is 53.8 Å². The van der Waals surface area contributed by atoms with E-state index in [4.69, 9.17) is 5.73 Å². The number of benzene rings is 1. The van der Waals surface area contributed by atoms with Crippen molar-refractivity contribution >= 4 is 11.8 Å². The molecule has 0 aromatic heterocycles. The highest BCUT2D eigenvalue weighted by molar-refractivity contribution is 5.86. The summed E-state index contributed by atoms with van der Waals surface area (Å²) in [5, 5.41) is 0. The molecule has 0 radical (unpaired) electrons. The number of carbonyl (C=O) groups is 2. The van der Waals surface area contributed by atoms with Gasteiger partial charge in [0, 0.05) is 33.1 Å². The van der Waals surface area contributed by atoms with E-state index in [9.17, 15) is 14.0 Å². The second-order valence-corrected chi connectivity index (χ2v) is 5.31. The third kappa shape index (κ3) is 4.01. The van der Waals surface area contributed by atoms with Crippen molar-refractivity contribution < 1.29 is 14.0 Å². The van der Waals surface area contributed by atoms with Crippen molar-refractivity contribution in [2.45, 2.75) is 19.4 Å². The lowest BCUT2D eigenvalue weighted by Gasteiger charge is -2.39. The summed E-state index contributed by atoms with van der Waals surface area (Å²) in [6.07, 6.45) is 0.770. The number of hydrogen-bond acceptors (Lipinski definition) is 3. The largest absolute Gasteiger partial charge is 0.368 e. The molecule has 1 aliphatic heterocycles. The van der Waals surface area contributed by atoms with Crippen LogP contribution in [0.1, 0.15) is 12.5 Å². The highest BCUT2D eigenvalue weighted by atomic mass is 19.1. The molecule has 1 heterocycles. The number of carbonyl (C=O) groups excluding carboxylic acids is 2. The Morgan fingerprint density at radius 1 is 1.29 bits per heavy atom. The standard InChI is InChI=1S/C15H20FN3O2/c1-11(20)19-9-8-18(10-14(19)15(17)21)7-6-12-2-4-13(16)5-3-12/h2-5,14H,6-10H2,1H3,(H2,17,21). The van der Waals surface area contributed by atoms with E-state index in [-0.39, 0.29) is 11.7 Å². The molecule has 1 aromatic rings. The first-order valence-electron chi connectivity index (χ1n) is 7.00. The van der Waals surface area contributed by atoms with Crippen molar-refractivity contribution in [1.82, 2.24) is 9.80 Å². The number of halogens is 1. The van der Waals surface area contributed by atoms with Gasteiger partial charge in [-0.15, -0.1) is 0 Å². The van der Waals surface area contributed by atoms with E-state index in [1.165, 1.54) is 24.0 Å². The lowest BCUT2D eigenvalue weighted by Crippen LogP contribution is -2.59. The Morgan fingerprint density at radius 2 is 1.95 bits per heavy atom. The highest BCUT2D eigenvalue weighted by Crippen LogP contribution is 2.11. The number of nitrogens with two attached hydrogens (primary N) is 1. The van der Waals surface area contributed by atoms with E-state index in [1.807, 2.05) is 0 Å². The summed E-state index contributed by atoms with van der Waals surface area (Å²) in [6.45, 7) is 3.87. The SMILES string of the molecule is CC(=O)N1CCN(CCc2ccc(F)cc2)CC1C(N)=O. The number of primary amides is 1. The Morgan fingerprint density at radius 3 is 2.52 bits per heavy atom. The predicted molar refractivity (Wildman–Crippen MR) is 76.9 cm³/mol. The predicted octanol–water partition coefficient (Wildman–Crippen LogP) is 0.386. The van der Waals surface area contributed by atoms with E-state index in [2.05, 4.69) is 4.90 Å². The van der Waals surface area contributed by atoms with Crippen molar-refractivity contribution in [3.05, 3.63) is 35.6 Å². The van der Waals surface area contributed by atoms with E-state index in [0.717, 1.165) is 18.5 Å². The zero-order valence-corrected chi connectivity index (χ0v) is 12.1. The van der Waals surface area contributed by atoms with Crippen LogP contribution in [0.4, 0.5) is 4.39 Å². The lowest BCUT2D eigenvalue weighted by molar-refractivity contribution is -0.141. The lowest BCUT2D eigenvalue weighted by atomic mass is 10.1. The number of nitrogens with zero attached hydrogens (tertiary/aromatic N) is 2. The van der Waals surface area contributed by atoms with Crippen molar-refractivity contribution in [3.63, 3.8) is 0 Å². The molecule has 5 nitrogen and oxygen atoms in total. The first-order chi connectivity index (χ1) is 9.97. The molecule has 0 aliphatic carbocycles. The highest BCUT2D eigenvalue weighted by Gasteiger charge is 2.32. The number of hydrogen-bond donors (Lipinski definition) is 1. The summed E-state index contributed by atoms with van der Waals surface area (Å²) in [6, 6.07) is 5.83. The molecule has 114 valence electrons. The van der Waals surface area contributed by atoms with Crippen LogP contribution >= 0.6 is 0 Å². The molecule has 1 fully saturated rings. The molecule has 1 aliphatic rings. The number of amides is 2. The van der Waals surface area contributed by atoms with E-state index in [0.29, 0.717) is 19.6 Å². The van der Waals surface area contributed by atoms with E-state index < -0.39 is 11.9 Å². The van der Waals surface area contributed by atoms with Crippen LogP contribution in [0.15, 0.2) is 24.3 Å². The molecule has 21 heavy (non-hydrogen) atoms. The van der Waals surface area contributed by atoms with Gasteiger partial charge < -0.3 is 10.6 Å². The second kappa shape index (κ2) is 6.67. The van der Waals surface area contributed by atoms with Crippen molar-refractivity contribution in [3.8, 4) is 0 Å². The average Bonchev–Trinajstić information content (AvgIpc) is 2.46. The Balaban J connectivity index is 1.92. The van der Waals surface area contributed by atoms with Crippen LogP contribution in [-0.2, 0) is 16.0 Å². The van der Waals surface area contributed by atoms with E-state index >= 15 is 0 Å². The molecular formula is C15H20FN3O2. The summed E-state index contributed by atoms with van der Waals surface area (Å²) in [7, 11) is 0. The Kier molecular flexibility index (Phi) is 4.90. The molecule has 2 amide bonds. The summed E-state index contributed by atoms with van der Waals surface area (Å²) < 4.78 is 12.8. The molecule has 2 N–H and O–H groups in total. The third-order valence-electron chi connectivity index (χ3n) is 3.83. The minimum Gasteiger partial charge on any atom is -0.368 e. The first-order valence-corrected chi connectivity index (χ1v) is 7.00. The minimum atomic E-state index is -0.565. The summed E-state index contributed by atoms with van der Waals surface area (Å²) in [5.74, 6) is -0.851. The zero-order chi connectivity index (χ0) is 15.4. The van der Waals surface area contributed by atoms with E-state index in [1.54, 1.807) is 12.1 Å². The molecule has 1 unspecified atom stereocenters. The smallest absolute Gasteiger partial charge is 0.241 e. The third-order valence-corrected chi connectivity index (χ3v) is 3.83. The van der Waals surface area contributed by atoms with Gasteiger partial charge in [-0.2, -0.15) is 0 Å². The maximum atomic E-state index is 12.8. The fourth-order valence-corrected chi connectivity index (χ4v) is 2.60. The first kappa shape index (κ1) is 15.4. The Labute approximate surface area is 123 Å². The van der Waals surface area contributed by atoms with Crippen LogP contribution < -0.4 is 5.73 Å². The van der Waals surface area contributed by atoms with Crippen molar-refractivity contribution in [1.29, 1.82) is 0 Å². The molecule has 1 atom stereocenters. The van der Waals surface area contributed by atoms with Gasteiger partial charge in [0.2, 0.25) is 11.8 Å². The van der Waals surface area contributed by atoms with Gasteiger partial charge in [-0.25, -0.2) is 4.39 Å². The van der Waals surface area contributed by atoms with Gasteiger partial charge in [0.15, 0.2) is 0 Å². The van der Waals surface area contributed by atoms with Crippen LogP contribution in [0, 0.1) is 5.82 Å². The number of rotatable bonds is 4. The fraction of sp³-hybridized carbons (Fsp3) is 0.467. The van der Waals surface area contributed by atoms with Gasteiger partial charge in [-0.05, 0) is 24.1 Å². The quantitative estimate of drug-likeness (QED) is 0.873. The average molecular weight is 293 g/mol. The summed E-state index contributed by atoms with van der Waals surface area (Å²) in [5.41, 5.74) is 6.42. The molecule has 1 saturated heterocycles. The van der Waals surface area contributed by atoms with Gasteiger partial charge in [-0.3, -0.25) is 14.5 Å². The molecule has 0 bridgehead atoms. The Bertz CT molecular complexity index is 518. The second-order valence-electron chi connectivity index (χ2n) is 5.31. The van der Waals surface area contributed by atoms with Crippen LogP contribution in [0.25, 0.3) is 0 Å². The van der Waals surface area contributed by atoms with Gasteiger partial charge in [0.1, 0.15) is 11.9 Å². The molecular weight excluding hydrogens is 273 g/mol. The monoisotopic (exact) mass is 293 g/mol. The maximum absolute atomic E-state index is 12.8. The number of piperazine rings is 1.